The molecule has 1 aromatic carbocycles. The monoisotopic (exact) mass is 306 g/mol. The number of hydrogen-bond donors (Lipinski definition) is 1. The molecule has 4 nitrogen and oxygen atoms in total. The van der Waals surface area contributed by atoms with Crippen LogP contribution in [-0.4, -0.2) is 15.7 Å². The fourth-order valence-corrected chi connectivity index (χ4v) is 3.41. The highest BCUT2D eigenvalue weighted by Crippen LogP contribution is 2.32. The number of rotatable bonds is 4. The largest absolute Gasteiger partial charge is 0.309 e. The minimum Gasteiger partial charge on any atom is -0.309 e. The van der Waals surface area contributed by atoms with Crippen LogP contribution in [0.25, 0.3) is 10.2 Å². The van der Waals surface area contributed by atoms with Gasteiger partial charge in [0.1, 0.15) is 6.33 Å². The van der Waals surface area contributed by atoms with Gasteiger partial charge in [0.05, 0.1) is 34.3 Å². The molecule has 3 rings (SSSR count). The summed E-state index contributed by atoms with van der Waals surface area (Å²) in [5.41, 5.74) is 4.34. The van der Waals surface area contributed by atoms with Gasteiger partial charge in [-0.15, -0.1) is 11.3 Å². The van der Waals surface area contributed by atoms with Crippen LogP contribution in [0.5, 0.6) is 0 Å². The molecule has 108 valence electrons. The van der Waals surface area contributed by atoms with Gasteiger partial charge >= 0.3 is 0 Å². The number of nitrogens with one attached hydrogen (secondary N) is 1. The molecule has 0 aliphatic heterocycles. The van der Waals surface area contributed by atoms with Gasteiger partial charge in [-0.1, -0.05) is 24.3 Å². The summed E-state index contributed by atoms with van der Waals surface area (Å²) in [4.78, 5) is 8.71. The smallest absolute Gasteiger partial charge is 0.116 e. The summed E-state index contributed by atoms with van der Waals surface area (Å²) >= 11 is 1.60. The van der Waals surface area contributed by atoms with Crippen molar-refractivity contribution < 1.29 is 0 Å². The molecule has 0 bridgehead atoms. The summed E-state index contributed by atoms with van der Waals surface area (Å²) < 4.78 is 1.03. The van der Waals surface area contributed by atoms with Crippen molar-refractivity contribution in [2.24, 2.45) is 0 Å². The van der Waals surface area contributed by atoms with Crippen LogP contribution < -0.4 is 0 Å². The molecule has 0 fully saturated rings. The highest BCUT2D eigenvalue weighted by molar-refractivity contribution is 7.17. The van der Waals surface area contributed by atoms with Gasteiger partial charge in [-0.3, -0.25) is 0 Å². The molecule has 3 aromatic rings. The zero-order valence-corrected chi connectivity index (χ0v) is 12.9. The number of nitrogens with zero attached hydrogens (tertiary/aromatic N) is 3. The van der Waals surface area contributed by atoms with E-state index in [1.165, 1.54) is 0 Å². The number of aromatic nitrogens is 2. The van der Waals surface area contributed by atoms with Gasteiger partial charge in [0.15, 0.2) is 0 Å². The van der Waals surface area contributed by atoms with Crippen LogP contribution in [0.3, 0.4) is 0 Å². The normalized spacial score (nSPS) is 12.0. The summed E-state index contributed by atoms with van der Waals surface area (Å²) in [7, 11) is 0. The topological polar surface area (TPSA) is 73.4 Å². The number of thiophene rings is 1. The number of nitriles is 1. The first-order chi connectivity index (χ1) is 10.7. The molecule has 2 aromatic heterocycles. The zero-order chi connectivity index (χ0) is 15.5. The van der Waals surface area contributed by atoms with E-state index in [0.29, 0.717) is 12.1 Å². The van der Waals surface area contributed by atoms with Crippen molar-refractivity contribution in [2.75, 3.05) is 0 Å². The van der Waals surface area contributed by atoms with Gasteiger partial charge in [-0.2, -0.15) is 5.26 Å². The molecule has 1 N–H and O–H groups in total. The van der Waals surface area contributed by atoms with Crippen LogP contribution in [-0.2, 0) is 6.42 Å². The predicted molar refractivity (Wildman–Crippen MR) is 88.4 cm³/mol. The lowest BCUT2D eigenvalue weighted by atomic mass is 9.90. The molecular formula is C17H14N4S. The van der Waals surface area contributed by atoms with Crippen LogP contribution in [0.2, 0.25) is 0 Å². The van der Waals surface area contributed by atoms with Crippen molar-refractivity contribution in [1.29, 1.82) is 10.7 Å². The Bertz CT molecular complexity index is 858. The van der Waals surface area contributed by atoms with Gasteiger partial charge in [0.25, 0.3) is 0 Å². The maximum atomic E-state index is 8.76. The van der Waals surface area contributed by atoms with Crippen molar-refractivity contribution in [1.82, 2.24) is 9.97 Å². The second kappa shape index (κ2) is 6.04. The van der Waals surface area contributed by atoms with E-state index in [1.54, 1.807) is 24.6 Å². The average Bonchev–Trinajstić information content (AvgIpc) is 2.98. The van der Waals surface area contributed by atoms with E-state index in [-0.39, 0.29) is 5.92 Å². The van der Waals surface area contributed by atoms with Gasteiger partial charge < -0.3 is 5.41 Å². The molecule has 0 aliphatic carbocycles. The second-order valence-electron chi connectivity index (χ2n) is 5.09. The van der Waals surface area contributed by atoms with E-state index in [9.17, 15) is 0 Å². The second-order valence-corrected chi connectivity index (χ2v) is 6.00. The first kappa shape index (κ1) is 14.4. The Labute approximate surface area is 132 Å². The van der Waals surface area contributed by atoms with Gasteiger partial charge in [-0.05, 0) is 29.5 Å². The third-order valence-electron chi connectivity index (χ3n) is 3.57. The fraction of sp³-hybridized carbons (Fsp3) is 0.176. The maximum absolute atomic E-state index is 8.76. The lowest BCUT2D eigenvalue weighted by molar-refractivity contribution is 0.983. The number of benzene rings is 1. The Balaban J connectivity index is 2.09. The molecular weight excluding hydrogens is 292 g/mol. The Morgan fingerprint density at radius 1 is 1.27 bits per heavy atom. The van der Waals surface area contributed by atoms with E-state index in [4.69, 9.17) is 10.7 Å². The van der Waals surface area contributed by atoms with Gasteiger partial charge in [0, 0.05) is 5.71 Å². The van der Waals surface area contributed by atoms with Gasteiger partial charge in [0.2, 0.25) is 0 Å². The molecule has 0 aliphatic rings. The number of hydrogen-bond acceptors (Lipinski definition) is 5. The van der Waals surface area contributed by atoms with Crippen LogP contribution in [0, 0.1) is 16.7 Å². The zero-order valence-electron chi connectivity index (χ0n) is 12.1. The molecule has 5 heteroatoms. The van der Waals surface area contributed by atoms with Crippen LogP contribution >= 0.6 is 11.3 Å². The predicted octanol–water partition coefficient (Wildman–Crippen LogP) is 3.93. The van der Waals surface area contributed by atoms with Crippen molar-refractivity contribution in [3.8, 4) is 6.07 Å². The third-order valence-corrected chi connectivity index (χ3v) is 4.50. The summed E-state index contributed by atoms with van der Waals surface area (Å²) in [6, 6.07) is 12.0. The molecule has 0 saturated carbocycles. The molecule has 2 heterocycles. The van der Waals surface area contributed by atoms with E-state index >= 15 is 0 Å². The Hall–Kier alpha value is -2.58. The van der Waals surface area contributed by atoms with E-state index in [0.717, 1.165) is 27.0 Å². The maximum Gasteiger partial charge on any atom is 0.116 e. The van der Waals surface area contributed by atoms with E-state index in [2.05, 4.69) is 16.0 Å². The van der Waals surface area contributed by atoms with Crippen LogP contribution in [0.4, 0.5) is 0 Å². The van der Waals surface area contributed by atoms with Crippen molar-refractivity contribution in [2.45, 2.75) is 19.3 Å². The molecule has 0 amide bonds. The van der Waals surface area contributed by atoms with Crippen LogP contribution in [0.1, 0.15) is 29.7 Å². The van der Waals surface area contributed by atoms with E-state index in [1.807, 2.05) is 35.7 Å². The average molecular weight is 306 g/mol. The molecule has 0 radical (unpaired) electrons. The van der Waals surface area contributed by atoms with Crippen molar-refractivity contribution in [3.63, 3.8) is 0 Å². The SMILES string of the molecule is CC(=N)C(c1ccc(CC#N)cc1)c1ncnc2ccsc12. The fourth-order valence-electron chi connectivity index (χ4n) is 2.55. The highest BCUT2D eigenvalue weighted by Gasteiger charge is 2.21. The molecule has 1 unspecified atom stereocenters. The lowest BCUT2D eigenvalue weighted by Gasteiger charge is -2.16. The first-order valence-corrected chi connectivity index (χ1v) is 7.77. The summed E-state index contributed by atoms with van der Waals surface area (Å²) in [5.74, 6) is -0.180. The molecule has 0 spiro atoms. The molecule has 1 atom stereocenters. The Morgan fingerprint density at radius 3 is 2.73 bits per heavy atom. The minimum atomic E-state index is -0.180. The summed E-state index contributed by atoms with van der Waals surface area (Å²) in [5, 5.41) is 18.9. The lowest BCUT2D eigenvalue weighted by Crippen LogP contribution is -2.12. The molecule has 22 heavy (non-hydrogen) atoms. The van der Waals surface area contributed by atoms with E-state index < -0.39 is 0 Å². The Morgan fingerprint density at radius 2 is 2.05 bits per heavy atom. The minimum absolute atomic E-state index is 0.180. The first-order valence-electron chi connectivity index (χ1n) is 6.89. The summed E-state index contributed by atoms with van der Waals surface area (Å²) in [6.07, 6.45) is 1.96. The third kappa shape index (κ3) is 2.61. The number of fused-ring (bicyclic) bond motifs is 1. The quantitative estimate of drug-likeness (QED) is 0.742. The van der Waals surface area contributed by atoms with Crippen LogP contribution in [0.15, 0.2) is 42.0 Å². The van der Waals surface area contributed by atoms with Crippen molar-refractivity contribution >= 4 is 27.3 Å². The van der Waals surface area contributed by atoms with Crippen molar-refractivity contribution in [3.05, 3.63) is 58.9 Å². The Kier molecular flexibility index (Phi) is 3.94. The standard InChI is InChI=1S/C17H14N4S/c1-11(19)15(13-4-2-12(3-5-13)6-8-18)16-17-14(7-9-22-17)20-10-21-16/h2-5,7,9-10,15,19H,6H2,1H3. The highest BCUT2D eigenvalue weighted by atomic mass is 32.1. The molecule has 0 saturated heterocycles. The van der Waals surface area contributed by atoms with Gasteiger partial charge in [-0.25, -0.2) is 9.97 Å². The summed E-state index contributed by atoms with van der Waals surface area (Å²) in [6.45, 7) is 1.80.